The van der Waals surface area contributed by atoms with Gasteiger partial charge >= 0.3 is 0 Å². The largest absolute Gasteiger partial charge is 0.497 e. The quantitative estimate of drug-likeness (QED) is 0.307. The molecule has 1 fully saturated rings. The minimum Gasteiger partial charge on any atom is -0.497 e. The number of halogens is 1. The maximum Gasteiger partial charge on any atom is 0.194 e. The van der Waals surface area contributed by atoms with Gasteiger partial charge in [0.15, 0.2) is 5.96 Å². The van der Waals surface area contributed by atoms with Crippen LogP contribution in [-0.4, -0.2) is 72.8 Å². The molecule has 0 unspecified atom stereocenters. The first-order chi connectivity index (χ1) is 15.0. The number of hydrogen-bond donors (Lipinski definition) is 1. The topological polar surface area (TPSA) is 67.2 Å². The standard InChI is InChI=1S/C23H36N6O2.HI/c1-18(2)16-29-9-8-25-22(29)15-26-23(24-3)28-12-10-27(11-13-28)17-19-14-20(30-4)6-7-21(19)31-5;/h6-9,14,18H,10-13,15-17H2,1-5H3,(H,24,26);1H. The third-order valence-electron chi connectivity index (χ3n) is 5.53. The normalized spacial score (nSPS) is 14.9. The lowest BCUT2D eigenvalue weighted by Crippen LogP contribution is -2.52. The van der Waals surface area contributed by atoms with E-state index in [4.69, 9.17) is 9.47 Å². The first-order valence-electron chi connectivity index (χ1n) is 10.9. The minimum atomic E-state index is 0. The molecule has 178 valence electrons. The highest BCUT2D eigenvalue weighted by atomic mass is 127. The second kappa shape index (κ2) is 12.9. The van der Waals surface area contributed by atoms with Crippen molar-refractivity contribution in [3.63, 3.8) is 0 Å². The van der Waals surface area contributed by atoms with Gasteiger partial charge in [-0.05, 0) is 24.1 Å². The molecule has 3 rings (SSSR count). The molecule has 1 aliphatic heterocycles. The van der Waals surface area contributed by atoms with E-state index in [2.05, 4.69) is 49.6 Å². The van der Waals surface area contributed by atoms with Crippen LogP contribution in [0.1, 0.15) is 25.2 Å². The van der Waals surface area contributed by atoms with Crippen molar-refractivity contribution < 1.29 is 9.47 Å². The average Bonchev–Trinajstić information content (AvgIpc) is 3.21. The summed E-state index contributed by atoms with van der Waals surface area (Å²) in [5.41, 5.74) is 1.15. The molecule has 0 bridgehead atoms. The Hall–Kier alpha value is -2.01. The van der Waals surface area contributed by atoms with E-state index in [1.807, 2.05) is 31.6 Å². The zero-order valence-electron chi connectivity index (χ0n) is 19.9. The summed E-state index contributed by atoms with van der Waals surface area (Å²) in [5.74, 6) is 4.31. The SMILES string of the molecule is CN=C(NCc1nccn1CC(C)C)N1CCN(Cc2cc(OC)ccc2OC)CC1.I. The molecular weight excluding hydrogens is 519 g/mol. The molecule has 2 aromatic rings. The van der Waals surface area contributed by atoms with Gasteiger partial charge in [-0.1, -0.05) is 13.8 Å². The number of aliphatic imine (C=N–C) groups is 1. The predicted molar refractivity (Wildman–Crippen MR) is 139 cm³/mol. The fraction of sp³-hybridized carbons (Fsp3) is 0.565. The maximum absolute atomic E-state index is 5.53. The summed E-state index contributed by atoms with van der Waals surface area (Å²) in [6, 6.07) is 5.96. The van der Waals surface area contributed by atoms with Crippen molar-refractivity contribution in [3.05, 3.63) is 42.0 Å². The van der Waals surface area contributed by atoms with Gasteiger partial charge in [-0.2, -0.15) is 0 Å². The number of imidazole rings is 1. The van der Waals surface area contributed by atoms with Crippen LogP contribution in [0.3, 0.4) is 0 Å². The summed E-state index contributed by atoms with van der Waals surface area (Å²) in [6.45, 7) is 10.7. The number of hydrogen-bond acceptors (Lipinski definition) is 5. The number of nitrogens with one attached hydrogen (secondary N) is 1. The Balaban J connectivity index is 0.00000363. The molecule has 1 aliphatic rings. The highest BCUT2D eigenvalue weighted by Gasteiger charge is 2.21. The van der Waals surface area contributed by atoms with E-state index in [0.29, 0.717) is 12.5 Å². The van der Waals surface area contributed by atoms with Crippen LogP contribution in [0.2, 0.25) is 0 Å². The van der Waals surface area contributed by atoms with E-state index in [1.165, 1.54) is 0 Å². The van der Waals surface area contributed by atoms with Crippen LogP contribution >= 0.6 is 24.0 Å². The summed E-state index contributed by atoms with van der Waals surface area (Å²) in [6.07, 6.45) is 3.92. The van der Waals surface area contributed by atoms with Crippen molar-refractivity contribution in [1.29, 1.82) is 0 Å². The third-order valence-corrected chi connectivity index (χ3v) is 5.53. The van der Waals surface area contributed by atoms with Gasteiger partial charge in [0.05, 0.1) is 20.8 Å². The van der Waals surface area contributed by atoms with Crippen LogP contribution in [-0.2, 0) is 19.6 Å². The molecule has 1 N–H and O–H groups in total. The molecule has 9 heteroatoms. The van der Waals surface area contributed by atoms with Crippen molar-refractivity contribution in [2.45, 2.75) is 33.5 Å². The summed E-state index contributed by atoms with van der Waals surface area (Å²) in [7, 11) is 5.25. The van der Waals surface area contributed by atoms with E-state index in [1.54, 1.807) is 14.2 Å². The Bertz CT molecular complexity index is 862. The Morgan fingerprint density at radius 3 is 2.53 bits per heavy atom. The first kappa shape index (κ1) is 26.2. The zero-order chi connectivity index (χ0) is 22.2. The van der Waals surface area contributed by atoms with E-state index in [0.717, 1.165) is 68.1 Å². The number of guanidine groups is 1. The Kier molecular flexibility index (Phi) is 10.6. The second-order valence-electron chi connectivity index (χ2n) is 8.23. The van der Waals surface area contributed by atoms with Gasteiger partial charge in [0.1, 0.15) is 17.3 Å². The van der Waals surface area contributed by atoms with Crippen molar-refractivity contribution in [1.82, 2.24) is 24.7 Å². The average molecular weight is 556 g/mol. The molecule has 0 amide bonds. The highest BCUT2D eigenvalue weighted by molar-refractivity contribution is 14.0. The van der Waals surface area contributed by atoms with Gasteiger partial charge in [0, 0.05) is 64.3 Å². The number of benzene rings is 1. The number of aromatic nitrogens is 2. The van der Waals surface area contributed by atoms with Gasteiger partial charge in [0.25, 0.3) is 0 Å². The number of piperazine rings is 1. The Morgan fingerprint density at radius 1 is 1.16 bits per heavy atom. The van der Waals surface area contributed by atoms with Crippen molar-refractivity contribution >= 4 is 29.9 Å². The predicted octanol–water partition coefficient (Wildman–Crippen LogP) is 3.07. The second-order valence-corrected chi connectivity index (χ2v) is 8.23. The van der Waals surface area contributed by atoms with Crippen LogP contribution in [0, 0.1) is 5.92 Å². The van der Waals surface area contributed by atoms with Crippen LogP contribution in [0.5, 0.6) is 11.5 Å². The molecule has 32 heavy (non-hydrogen) atoms. The fourth-order valence-corrected chi connectivity index (χ4v) is 3.92. The lowest BCUT2D eigenvalue weighted by Gasteiger charge is -2.36. The number of rotatable bonds is 8. The fourth-order valence-electron chi connectivity index (χ4n) is 3.92. The van der Waals surface area contributed by atoms with Crippen LogP contribution in [0.4, 0.5) is 0 Å². The minimum absolute atomic E-state index is 0. The molecule has 2 heterocycles. The van der Waals surface area contributed by atoms with Crippen molar-refractivity contribution in [3.8, 4) is 11.5 Å². The summed E-state index contributed by atoms with van der Waals surface area (Å²) in [5, 5.41) is 3.49. The molecule has 0 spiro atoms. The molecule has 0 aliphatic carbocycles. The molecular formula is C23H37IN6O2. The molecule has 0 saturated carbocycles. The van der Waals surface area contributed by atoms with Gasteiger partial charge in [-0.25, -0.2) is 4.98 Å². The smallest absolute Gasteiger partial charge is 0.194 e. The molecule has 1 aromatic heterocycles. The summed E-state index contributed by atoms with van der Waals surface area (Å²) in [4.78, 5) is 13.8. The monoisotopic (exact) mass is 556 g/mol. The highest BCUT2D eigenvalue weighted by Crippen LogP contribution is 2.25. The molecule has 1 aromatic carbocycles. The van der Waals surface area contributed by atoms with Crippen LogP contribution < -0.4 is 14.8 Å². The lowest BCUT2D eigenvalue weighted by molar-refractivity contribution is 0.171. The molecule has 0 radical (unpaired) electrons. The van der Waals surface area contributed by atoms with Crippen molar-refractivity contribution in [2.75, 3.05) is 47.4 Å². The first-order valence-corrected chi connectivity index (χ1v) is 10.9. The summed E-state index contributed by atoms with van der Waals surface area (Å²) < 4.78 is 13.1. The molecule has 0 atom stereocenters. The van der Waals surface area contributed by atoms with Crippen LogP contribution in [0.25, 0.3) is 0 Å². The number of nitrogens with zero attached hydrogens (tertiary/aromatic N) is 5. The zero-order valence-corrected chi connectivity index (χ0v) is 22.2. The van der Waals surface area contributed by atoms with Gasteiger partial charge in [0.2, 0.25) is 0 Å². The molecule has 8 nitrogen and oxygen atoms in total. The third kappa shape index (κ3) is 6.99. The maximum atomic E-state index is 5.53. The van der Waals surface area contributed by atoms with E-state index in [-0.39, 0.29) is 24.0 Å². The van der Waals surface area contributed by atoms with E-state index < -0.39 is 0 Å². The summed E-state index contributed by atoms with van der Waals surface area (Å²) >= 11 is 0. The Morgan fingerprint density at radius 2 is 1.91 bits per heavy atom. The lowest BCUT2D eigenvalue weighted by atomic mass is 10.1. The van der Waals surface area contributed by atoms with Gasteiger partial charge in [-0.3, -0.25) is 9.89 Å². The molecule has 1 saturated heterocycles. The van der Waals surface area contributed by atoms with Crippen molar-refractivity contribution in [2.24, 2.45) is 10.9 Å². The number of methoxy groups -OCH3 is 2. The van der Waals surface area contributed by atoms with E-state index in [9.17, 15) is 0 Å². The Labute approximate surface area is 209 Å². The van der Waals surface area contributed by atoms with Gasteiger partial charge < -0.3 is 24.3 Å². The van der Waals surface area contributed by atoms with E-state index >= 15 is 0 Å². The van der Waals surface area contributed by atoms with Gasteiger partial charge in [-0.15, -0.1) is 24.0 Å². The van der Waals surface area contributed by atoms with Crippen LogP contribution in [0.15, 0.2) is 35.6 Å². The number of ether oxygens (including phenoxy) is 2.